The zero-order valence-electron chi connectivity index (χ0n) is 30.0. The van der Waals surface area contributed by atoms with Crippen molar-refractivity contribution >= 4 is 35.6 Å². The lowest BCUT2D eigenvalue weighted by Gasteiger charge is -2.39. The summed E-state index contributed by atoms with van der Waals surface area (Å²) in [5.41, 5.74) is 14.1. The smallest absolute Gasteiger partial charge is 0.159 e. The molecule has 1 heterocycles. The third kappa shape index (κ3) is 5.45. The average molecular weight is 721 g/mol. The third-order valence-corrected chi connectivity index (χ3v) is 11.8. The number of nitrogens with zero attached hydrogens (tertiary/aromatic N) is 4. The molecule has 1 aliphatic carbocycles. The molecule has 0 saturated carbocycles. The minimum absolute atomic E-state index is 0.434. The molecule has 7 aromatic rings. The molecule has 1 aliphatic heterocycles. The lowest BCUT2D eigenvalue weighted by Crippen LogP contribution is -2.32. The number of aliphatic imine (C=N–C) groups is 2. The van der Waals surface area contributed by atoms with E-state index >= 15 is 0 Å². The van der Waals surface area contributed by atoms with Crippen LogP contribution in [0.1, 0.15) is 57.0 Å². The maximum atomic E-state index is 9.74. The maximum Gasteiger partial charge on any atom is 0.159 e. The van der Waals surface area contributed by atoms with Crippen LogP contribution in [0.25, 0.3) is 33.5 Å². The van der Waals surface area contributed by atoms with Gasteiger partial charge in [-0.25, -0.2) is 9.98 Å². The normalized spacial score (nSPS) is 13.7. The van der Waals surface area contributed by atoms with Crippen LogP contribution < -0.4 is 0 Å². The highest BCUT2D eigenvalue weighted by atomic mass is 32.2. The van der Waals surface area contributed by atoms with Crippen LogP contribution in [-0.4, -0.2) is 12.6 Å². The van der Waals surface area contributed by atoms with Crippen LogP contribution in [0.2, 0.25) is 0 Å². The molecule has 2 aliphatic rings. The number of benzene rings is 7. The van der Waals surface area contributed by atoms with Crippen LogP contribution in [-0.2, 0) is 5.41 Å². The molecule has 4 nitrogen and oxygen atoms in total. The van der Waals surface area contributed by atoms with Gasteiger partial charge >= 0.3 is 0 Å². The van der Waals surface area contributed by atoms with E-state index in [1.165, 1.54) is 38.3 Å². The van der Waals surface area contributed by atoms with Gasteiger partial charge in [-0.1, -0.05) is 145 Å². The first-order valence-corrected chi connectivity index (χ1v) is 18.8. The first-order valence-electron chi connectivity index (χ1n) is 18.0. The van der Waals surface area contributed by atoms with Crippen molar-refractivity contribution in [2.24, 2.45) is 9.98 Å². The molecule has 0 fully saturated rings. The van der Waals surface area contributed by atoms with Gasteiger partial charge < -0.3 is 0 Å². The Balaban J connectivity index is 1.24. The Morgan fingerprint density at radius 2 is 1.13 bits per heavy atom. The van der Waals surface area contributed by atoms with E-state index in [1.807, 2.05) is 60.7 Å². The largest absolute Gasteiger partial charge is 0.245 e. The van der Waals surface area contributed by atoms with E-state index < -0.39 is 5.41 Å². The van der Waals surface area contributed by atoms with Gasteiger partial charge in [0.1, 0.15) is 0 Å². The standard InChI is InChI=1S/C50H32N4S/c1-32(38-16-6-7-17-39(38)37-27-33(30-51)26-34(28-37)31-52)48(35-14-4-3-5-15-35)54-49(53-2)36-24-25-45-47(29-36)55-46-23-13-12-22-44(46)50(45)42-20-10-8-18-40(42)41-19-9-11-21-43(41)50/h3-29H,2H2,1H3/b48-32+,54-49?. The minimum atomic E-state index is -0.467. The highest BCUT2D eigenvalue weighted by Crippen LogP contribution is 2.62. The van der Waals surface area contributed by atoms with Crippen molar-refractivity contribution in [2.45, 2.75) is 22.1 Å². The minimum Gasteiger partial charge on any atom is -0.245 e. The van der Waals surface area contributed by atoms with Gasteiger partial charge in [0.2, 0.25) is 0 Å². The summed E-state index contributed by atoms with van der Waals surface area (Å²) in [6.45, 7) is 6.09. The van der Waals surface area contributed by atoms with Gasteiger partial charge in [0.25, 0.3) is 0 Å². The van der Waals surface area contributed by atoms with Crippen LogP contribution in [0.5, 0.6) is 0 Å². The predicted molar refractivity (Wildman–Crippen MR) is 224 cm³/mol. The second kappa shape index (κ2) is 13.7. The molecular weight excluding hydrogens is 689 g/mol. The van der Waals surface area contributed by atoms with Gasteiger partial charge in [-0.05, 0) is 99.6 Å². The summed E-state index contributed by atoms with van der Waals surface area (Å²) < 4.78 is 0. The Morgan fingerprint density at radius 1 is 0.564 bits per heavy atom. The summed E-state index contributed by atoms with van der Waals surface area (Å²) in [5.74, 6) is 0.512. The molecule has 55 heavy (non-hydrogen) atoms. The summed E-state index contributed by atoms with van der Waals surface area (Å²) in [6, 6.07) is 60.8. The zero-order valence-corrected chi connectivity index (χ0v) is 30.8. The number of nitriles is 2. The van der Waals surface area contributed by atoms with Gasteiger partial charge in [0.15, 0.2) is 5.84 Å². The molecule has 0 saturated heterocycles. The average Bonchev–Trinajstić information content (AvgIpc) is 3.54. The molecule has 0 atom stereocenters. The Kier molecular flexibility index (Phi) is 8.43. The fourth-order valence-electron chi connectivity index (χ4n) is 8.36. The summed E-state index contributed by atoms with van der Waals surface area (Å²) in [5, 5.41) is 19.5. The van der Waals surface area contributed by atoms with E-state index in [-0.39, 0.29) is 0 Å². The van der Waals surface area contributed by atoms with Crippen molar-refractivity contribution in [1.82, 2.24) is 0 Å². The molecule has 0 amide bonds. The Morgan fingerprint density at radius 3 is 1.78 bits per heavy atom. The van der Waals surface area contributed by atoms with Crippen molar-refractivity contribution in [3.63, 3.8) is 0 Å². The Labute approximate surface area is 325 Å². The summed E-state index contributed by atoms with van der Waals surface area (Å²) >= 11 is 1.78. The fourth-order valence-corrected chi connectivity index (χ4v) is 9.59. The highest BCUT2D eigenvalue weighted by Gasteiger charge is 2.50. The molecule has 0 bridgehead atoms. The number of hydrogen-bond donors (Lipinski definition) is 0. The fraction of sp³-hybridized carbons (Fsp3) is 0.0400. The number of allylic oxidation sites excluding steroid dienone is 1. The summed E-state index contributed by atoms with van der Waals surface area (Å²) in [6.07, 6.45) is 0. The first kappa shape index (κ1) is 33.8. The summed E-state index contributed by atoms with van der Waals surface area (Å²) in [4.78, 5) is 12.3. The first-order chi connectivity index (χ1) is 27.0. The van der Waals surface area contributed by atoms with E-state index in [1.54, 1.807) is 17.8 Å². The van der Waals surface area contributed by atoms with Gasteiger partial charge in [0, 0.05) is 20.9 Å². The van der Waals surface area contributed by atoms with Crippen LogP contribution in [0.4, 0.5) is 0 Å². The monoisotopic (exact) mass is 720 g/mol. The molecule has 0 radical (unpaired) electrons. The summed E-state index contributed by atoms with van der Waals surface area (Å²) in [7, 11) is 0. The highest BCUT2D eigenvalue weighted by molar-refractivity contribution is 7.99. The van der Waals surface area contributed by atoms with E-state index in [2.05, 4.69) is 128 Å². The van der Waals surface area contributed by atoms with Crippen molar-refractivity contribution in [3.8, 4) is 34.4 Å². The van der Waals surface area contributed by atoms with Crippen molar-refractivity contribution < 1.29 is 0 Å². The van der Waals surface area contributed by atoms with Gasteiger partial charge in [-0.15, -0.1) is 0 Å². The van der Waals surface area contributed by atoms with Gasteiger partial charge in [-0.3, -0.25) is 0 Å². The molecule has 7 aromatic carbocycles. The maximum absolute atomic E-state index is 9.74. The second-order valence-electron chi connectivity index (χ2n) is 13.7. The van der Waals surface area contributed by atoms with E-state index in [4.69, 9.17) is 4.99 Å². The molecule has 0 aromatic heterocycles. The van der Waals surface area contributed by atoms with Crippen LogP contribution in [0.3, 0.4) is 0 Å². The zero-order chi connectivity index (χ0) is 37.5. The van der Waals surface area contributed by atoms with Crippen molar-refractivity contribution in [2.75, 3.05) is 0 Å². The van der Waals surface area contributed by atoms with Gasteiger partial charge in [0.05, 0.1) is 34.4 Å². The molecule has 5 heteroatoms. The van der Waals surface area contributed by atoms with Gasteiger partial charge in [-0.2, -0.15) is 10.5 Å². The third-order valence-electron chi connectivity index (χ3n) is 10.7. The topological polar surface area (TPSA) is 72.3 Å². The molecule has 9 rings (SSSR count). The van der Waals surface area contributed by atoms with E-state index in [0.717, 1.165) is 44.0 Å². The molecule has 1 spiro atoms. The van der Waals surface area contributed by atoms with E-state index in [9.17, 15) is 10.5 Å². The van der Waals surface area contributed by atoms with Crippen LogP contribution in [0, 0.1) is 22.7 Å². The lowest BCUT2D eigenvalue weighted by atomic mass is 9.67. The van der Waals surface area contributed by atoms with Crippen molar-refractivity contribution in [1.29, 1.82) is 10.5 Å². The number of rotatable bonds is 5. The Hall–Kier alpha value is -7.05. The predicted octanol–water partition coefficient (Wildman–Crippen LogP) is 12.0. The Bertz CT molecular complexity index is 2770. The molecule has 258 valence electrons. The lowest BCUT2D eigenvalue weighted by molar-refractivity contribution is 0.722. The molecule has 0 N–H and O–H groups in total. The van der Waals surface area contributed by atoms with Crippen LogP contribution >= 0.6 is 11.8 Å². The number of hydrogen-bond acceptors (Lipinski definition) is 4. The quantitative estimate of drug-likeness (QED) is 0.101. The molecular formula is C50H32N4S. The second-order valence-corrected chi connectivity index (χ2v) is 14.7. The van der Waals surface area contributed by atoms with E-state index in [0.29, 0.717) is 17.0 Å². The SMILES string of the molecule is C=NC(=N/C(=C(\C)c1ccccc1-c1cc(C#N)cc(C#N)c1)c1ccccc1)c1ccc2c(c1)Sc1ccccc1C21c2ccccc2-c2ccccc21. The number of fused-ring (bicyclic) bond motifs is 9. The van der Waals surface area contributed by atoms with Crippen molar-refractivity contribution in [3.05, 3.63) is 214 Å². The number of amidine groups is 1. The molecule has 0 unspecified atom stereocenters. The van der Waals surface area contributed by atoms with Crippen LogP contribution in [0.15, 0.2) is 184 Å².